The number of carbonyl (C=O) groups excluding carboxylic acids is 2. The molecule has 2 N–H and O–H groups in total. The van der Waals surface area contributed by atoms with Crippen molar-refractivity contribution in [2.45, 2.75) is 5.37 Å². The van der Waals surface area contributed by atoms with E-state index < -0.39 is 6.03 Å². The van der Waals surface area contributed by atoms with Crippen LogP contribution in [0, 0.1) is 5.92 Å². The summed E-state index contributed by atoms with van der Waals surface area (Å²) in [6.45, 7) is 0. The molecule has 3 amide bonds. The zero-order chi connectivity index (χ0) is 8.72. The third-order valence-electron chi connectivity index (χ3n) is 1.69. The average molecular weight is 249 g/mol. The zero-order valence-corrected chi connectivity index (χ0v) is 8.24. The second-order valence-corrected chi connectivity index (χ2v) is 5.06. The number of nitrogens with one attached hydrogen (secondary N) is 2. The monoisotopic (exact) mass is 248 g/mol. The van der Waals surface area contributed by atoms with Gasteiger partial charge in [0.2, 0.25) is 5.91 Å². The Bertz CT molecular complexity index is 291. The van der Waals surface area contributed by atoms with E-state index in [1.165, 1.54) is 11.8 Å². The van der Waals surface area contributed by atoms with E-state index in [1.54, 1.807) is 6.08 Å². The van der Waals surface area contributed by atoms with Crippen LogP contribution in [0.25, 0.3) is 0 Å². The van der Waals surface area contributed by atoms with E-state index in [2.05, 4.69) is 26.6 Å². The average Bonchev–Trinajstić information content (AvgIpc) is 2.29. The van der Waals surface area contributed by atoms with Crippen LogP contribution in [0.15, 0.2) is 9.89 Å². The first kappa shape index (κ1) is 8.12. The van der Waals surface area contributed by atoms with E-state index in [0.29, 0.717) is 0 Å². The Kier molecular flexibility index (Phi) is 1.88. The topological polar surface area (TPSA) is 58.2 Å². The molecule has 0 aromatic carbocycles. The number of fused-ring (bicyclic) bond motifs is 1. The summed E-state index contributed by atoms with van der Waals surface area (Å²) >= 11 is 4.71. The third kappa shape index (κ3) is 1.25. The molecule has 0 spiro atoms. The second-order valence-electron chi connectivity index (χ2n) is 2.50. The number of rotatable bonds is 0. The van der Waals surface area contributed by atoms with Crippen molar-refractivity contribution in [1.29, 1.82) is 0 Å². The van der Waals surface area contributed by atoms with Gasteiger partial charge < -0.3 is 5.32 Å². The quantitative estimate of drug-likeness (QED) is 0.666. The highest BCUT2D eigenvalue weighted by atomic mass is 79.9. The maximum absolute atomic E-state index is 11.2. The van der Waals surface area contributed by atoms with E-state index in [0.717, 1.165) is 3.81 Å². The molecule has 2 heterocycles. The van der Waals surface area contributed by atoms with Crippen molar-refractivity contribution in [3.63, 3.8) is 0 Å². The first-order chi connectivity index (χ1) is 5.66. The van der Waals surface area contributed by atoms with E-state index in [9.17, 15) is 9.59 Å². The molecular formula is C6H5BrN2O2S. The molecule has 1 fully saturated rings. The Morgan fingerprint density at radius 3 is 3.00 bits per heavy atom. The molecule has 0 radical (unpaired) electrons. The minimum Gasteiger partial charge on any atom is -0.325 e. The number of thioether (sulfide) groups is 1. The fourth-order valence-electron chi connectivity index (χ4n) is 1.16. The van der Waals surface area contributed by atoms with Crippen molar-refractivity contribution < 1.29 is 9.59 Å². The number of hydrogen-bond acceptors (Lipinski definition) is 3. The normalized spacial score (nSPS) is 33.6. The highest BCUT2D eigenvalue weighted by molar-refractivity contribution is 9.14. The predicted molar refractivity (Wildman–Crippen MR) is 48.6 cm³/mol. The number of amides is 3. The maximum Gasteiger partial charge on any atom is 0.322 e. The van der Waals surface area contributed by atoms with Crippen molar-refractivity contribution >= 4 is 39.6 Å². The van der Waals surface area contributed by atoms with Gasteiger partial charge in [0, 0.05) is 3.81 Å². The van der Waals surface area contributed by atoms with Gasteiger partial charge in [0.1, 0.15) is 0 Å². The van der Waals surface area contributed by atoms with Gasteiger partial charge in [-0.3, -0.25) is 10.1 Å². The van der Waals surface area contributed by atoms with Crippen molar-refractivity contribution in [2.24, 2.45) is 5.92 Å². The molecule has 0 aromatic rings. The first-order valence-electron chi connectivity index (χ1n) is 3.32. The Morgan fingerprint density at radius 2 is 2.25 bits per heavy atom. The molecule has 2 atom stereocenters. The Balaban J connectivity index is 2.22. The number of imide groups is 1. The second kappa shape index (κ2) is 2.77. The van der Waals surface area contributed by atoms with Crippen LogP contribution >= 0.6 is 27.7 Å². The standard InChI is InChI=1S/C6H5BrN2O2S/c7-3-1-2-4(10)8-6(11)9-5(2)12-3/h1-2,5H,(H2,8,9,10,11). The molecule has 4 nitrogen and oxygen atoms in total. The number of hydrogen-bond donors (Lipinski definition) is 2. The Hall–Kier alpha value is -0.490. The van der Waals surface area contributed by atoms with Crippen LogP contribution in [0.4, 0.5) is 4.79 Å². The van der Waals surface area contributed by atoms with Gasteiger partial charge in [-0.25, -0.2) is 4.79 Å². The zero-order valence-electron chi connectivity index (χ0n) is 5.83. The Labute approximate surface area is 81.3 Å². The van der Waals surface area contributed by atoms with Gasteiger partial charge in [-0.2, -0.15) is 0 Å². The molecule has 0 saturated carbocycles. The van der Waals surface area contributed by atoms with Crippen molar-refractivity contribution in [3.8, 4) is 0 Å². The highest BCUT2D eigenvalue weighted by Crippen LogP contribution is 2.39. The van der Waals surface area contributed by atoms with E-state index in [-0.39, 0.29) is 17.2 Å². The minimum absolute atomic E-state index is 0.138. The van der Waals surface area contributed by atoms with Gasteiger partial charge in [-0.05, 0) is 22.0 Å². The fraction of sp³-hybridized carbons (Fsp3) is 0.333. The van der Waals surface area contributed by atoms with Crippen LogP contribution in [0.5, 0.6) is 0 Å². The molecule has 0 aliphatic carbocycles. The maximum atomic E-state index is 11.2. The molecule has 2 aliphatic heterocycles. The van der Waals surface area contributed by atoms with Gasteiger partial charge >= 0.3 is 6.03 Å². The van der Waals surface area contributed by atoms with E-state index in [4.69, 9.17) is 0 Å². The summed E-state index contributed by atoms with van der Waals surface area (Å²) in [5, 5.41) is 4.71. The smallest absolute Gasteiger partial charge is 0.322 e. The molecule has 64 valence electrons. The molecular weight excluding hydrogens is 244 g/mol. The lowest BCUT2D eigenvalue weighted by Gasteiger charge is -2.24. The van der Waals surface area contributed by atoms with Gasteiger partial charge in [-0.1, -0.05) is 11.8 Å². The lowest BCUT2D eigenvalue weighted by Crippen LogP contribution is -2.55. The largest absolute Gasteiger partial charge is 0.325 e. The molecule has 0 bridgehead atoms. The molecule has 1 saturated heterocycles. The summed E-state index contributed by atoms with van der Waals surface area (Å²) in [7, 11) is 0. The van der Waals surface area contributed by atoms with Crippen molar-refractivity contribution in [1.82, 2.24) is 10.6 Å². The lowest BCUT2D eigenvalue weighted by molar-refractivity contribution is -0.123. The van der Waals surface area contributed by atoms with Gasteiger partial charge in [0.15, 0.2) is 0 Å². The SMILES string of the molecule is O=C1NC(=O)C2C=C(Br)SC2N1. The highest BCUT2D eigenvalue weighted by Gasteiger charge is 2.38. The van der Waals surface area contributed by atoms with Gasteiger partial charge in [0.25, 0.3) is 0 Å². The van der Waals surface area contributed by atoms with Crippen molar-refractivity contribution in [2.75, 3.05) is 0 Å². The summed E-state index contributed by atoms with van der Waals surface area (Å²) < 4.78 is 0.898. The summed E-state index contributed by atoms with van der Waals surface area (Å²) in [5.41, 5.74) is 0. The van der Waals surface area contributed by atoms with Crippen LogP contribution in [0.3, 0.4) is 0 Å². The van der Waals surface area contributed by atoms with Crippen LogP contribution in [-0.2, 0) is 4.79 Å². The predicted octanol–water partition coefficient (Wildman–Crippen LogP) is 0.751. The van der Waals surface area contributed by atoms with Crippen molar-refractivity contribution in [3.05, 3.63) is 9.89 Å². The Morgan fingerprint density at radius 1 is 1.50 bits per heavy atom. The fourth-order valence-corrected chi connectivity index (χ4v) is 3.03. The van der Waals surface area contributed by atoms with E-state index in [1.807, 2.05) is 0 Å². The molecule has 0 aromatic heterocycles. The van der Waals surface area contributed by atoms with Crippen LogP contribution in [0.2, 0.25) is 0 Å². The minimum atomic E-state index is -0.413. The first-order valence-corrected chi connectivity index (χ1v) is 4.99. The molecule has 2 aliphatic rings. The van der Waals surface area contributed by atoms with E-state index >= 15 is 0 Å². The lowest BCUT2D eigenvalue weighted by atomic mass is 10.1. The number of carbonyl (C=O) groups is 2. The van der Waals surface area contributed by atoms with Gasteiger partial charge in [0.05, 0.1) is 11.3 Å². The molecule has 6 heteroatoms. The van der Waals surface area contributed by atoms with Crippen LogP contribution in [0.1, 0.15) is 0 Å². The van der Waals surface area contributed by atoms with Crippen LogP contribution < -0.4 is 10.6 Å². The summed E-state index contributed by atoms with van der Waals surface area (Å²) in [6, 6.07) is -0.413. The summed E-state index contributed by atoms with van der Waals surface area (Å²) in [5.74, 6) is -0.465. The van der Waals surface area contributed by atoms with Crippen LogP contribution in [-0.4, -0.2) is 17.3 Å². The van der Waals surface area contributed by atoms with Gasteiger partial charge in [-0.15, -0.1) is 0 Å². The molecule has 12 heavy (non-hydrogen) atoms. The third-order valence-corrected chi connectivity index (χ3v) is 3.54. The summed E-state index contributed by atoms with van der Waals surface area (Å²) in [4.78, 5) is 22.0. The number of urea groups is 1. The number of halogens is 1. The summed E-state index contributed by atoms with van der Waals surface area (Å²) in [6.07, 6.45) is 1.80. The molecule has 2 rings (SSSR count). The molecule has 2 unspecified atom stereocenters.